The molecule has 0 radical (unpaired) electrons. The summed E-state index contributed by atoms with van der Waals surface area (Å²) >= 11 is 0. The van der Waals surface area contributed by atoms with Crippen LogP contribution in [0, 0.1) is 0 Å². The largest absolute Gasteiger partial charge is 0.484 e. The minimum atomic E-state index is -0.201. The van der Waals surface area contributed by atoms with Gasteiger partial charge in [0.15, 0.2) is 18.1 Å². The molecular weight excluding hydrogens is 382 g/mol. The standard InChI is InChI=1S/C22H23N5O3/c1-2-11-27-20-18(9-6-10-23-20)24-21(22(27)29)26-14-12-25(13-15-26)19(28)16-30-17-7-4-3-5-8-17/h2-10H,1,11-16H2. The fourth-order valence-electron chi connectivity index (χ4n) is 3.49. The SMILES string of the molecule is C=CCn1c(=O)c(N2CCN(C(=O)COc3ccccc3)CC2)nc2cccnc21. The number of pyridine rings is 1. The summed E-state index contributed by atoms with van der Waals surface area (Å²) in [7, 11) is 0. The number of nitrogens with zero attached hydrogens (tertiary/aromatic N) is 5. The number of hydrogen-bond donors (Lipinski definition) is 0. The Morgan fingerprint density at radius 1 is 1.10 bits per heavy atom. The molecule has 154 valence electrons. The smallest absolute Gasteiger partial charge is 0.295 e. The first-order valence-electron chi connectivity index (χ1n) is 9.84. The highest BCUT2D eigenvalue weighted by molar-refractivity contribution is 5.78. The molecule has 0 N–H and O–H groups in total. The van der Waals surface area contributed by atoms with Crippen LogP contribution in [-0.4, -0.2) is 58.1 Å². The number of carbonyl (C=O) groups excluding carboxylic acids is 1. The zero-order valence-corrected chi connectivity index (χ0v) is 16.6. The van der Waals surface area contributed by atoms with Gasteiger partial charge in [-0.2, -0.15) is 0 Å². The molecule has 3 heterocycles. The van der Waals surface area contributed by atoms with Gasteiger partial charge in [-0.15, -0.1) is 6.58 Å². The maximum absolute atomic E-state index is 13.0. The van der Waals surface area contributed by atoms with Gasteiger partial charge in [0, 0.05) is 38.9 Å². The minimum Gasteiger partial charge on any atom is -0.484 e. The summed E-state index contributed by atoms with van der Waals surface area (Å²) in [5.74, 6) is 0.976. The predicted octanol–water partition coefficient (Wildman–Crippen LogP) is 1.71. The van der Waals surface area contributed by atoms with Crippen LogP contribution in [0.4, 0.5) is 5.82 Å². The van der Waals surface area contributed by atoms with E-state index in [9.17, 15) is 9.59 Å². The Kier molecular flexibility index (Phi) is 5.74. The van der Waals surface area contributed by atoms with Crippen molar-refractivity contribution >= 4 is 22.9 Å². The van der Waals surface area contributed by atoms with Crippen molar-refractivity contribution in [3.8, 4) is 5.75 Å². The van der Waals surface area contributed by atoms with E-state index in [-0.39, 0.29) is 18.1 Å². The fourth-order valence-corrected chi connectivity index (χ4v) is 3.49. The molecule has 2 aromatic heterocycles. The average molecular weight is 405 g/mol. The average Bonchev–Trinajstić information content (AvgIpc) is 2.80. The lowest BCUT2D eigenvalue weighted by atomic mass is 10.3. The second kappa shape index (κ2) is 8.77. The lowest BCUT2D eigenvalue weighted by molar-refractivity contribution is -0.133. The van der Waals surface area contributed by atoms with Crippen molar-refractivity contribution in [1.29, 1.82) is 0 Å². The monoisotopic (exact) mass is 405 g/mol. The van der Waals surface area contributed by atoms with Gasteiger partial charge in [-0.25, -0.2) is 9.97 Å². The van der Waals surface area contributed by atoms with Crippen LogP contribution in [0.1, 0.15) is 0 Å². The van der Waals surface area contributed by atoms with Crippen molar-refractivity contribution in [3.05, 3.63) is 71.7 Å². The van der Waals surface area contributed by atoms with E-state index in [1.165, 1.54) is 0 Å². The number of rotatable bonds is 6. The normalized spacial score (nSPS) is 14.0. The molecule has 0 bridgehead atoms. The molecule has 1 aromatic carbocycles. The first-order chi connectivity index (χ1) is 14.7. The first kappa shape index (κ1) is 19.6. The first-order valence-corrected chi connectivity index (χ1v) is 9.84. The summed E-state index contributed by atoms with van der Waals surface area (Å²) in [6.45, 7) is 6.15. The van der Waals surface area contributed by atoms with Gasteiger partial charge in [0.05, 0.1) is 0 Å². The molecule has 3 aromatic rings. The quantitative estimate of drug-likeness (QED) is 0.581. The van der Waals surface area contributed by atoms with Crippen molar-refractivity contribution in [2.24, 2.45) is 0 Å². The molecule has 1 saturated heterocycles. The van der Waals surface area contributed by atoms with Gasteiger partial charge in [-0.05, 0) is 24.3 Å². The Hall–Kier alpha value is -3.68. The van der Waals surface area contributed by atoms with Crippen molar-refractivity contribution in [1.82, 2.24) is 19.4 Å². The van der Waals surface area contributed by atoms with Crippen molar-refractivity contribution in [2.75, 3.05) is 37.7 Å². The predicted molar refractivity (Wildman–Crippen MR) is 115 cm³/mol. The van der Waals surface area contributed by atoms with E-state index < -0.39 is 0 Å². The van der Waals surface area contributed by atoms with Crippen LogP contribution in [-0.2, 0) is 11.3 Å². The van der Waals surface area contributed by atoms with E-state index in [0.717, 1.165) is 0 Å². The van der Waals surface area contributed by atoms with Crippen molar-refractivity contribution in [2.45, 2.75) is 6.54 Å². The number of fused-ring (bicyclic) bond motifs is 1. The Bertz CT molecular complexity index is 1100. The number of aromatic nitrogens is 3. The molecule has 0 saturated carbocycles. The van der Waals surface area contributed by atoms with Crippen LogP contribution in [0.25, 0.3) is 11.2 Å². The molecule has 0 atom stereocenters. The van der Waals surface area contributed by atoms with Crippen molar-refractivity contribution in [3.63, 3.8) is 0 Å². The molecule has 1 aliphatic rings. The molecule has 0 unspecified atom stereocenters. The third kappa shape index (κ3) is 4.03. The number of benzene rings is 1. The Labute approximate surface area is 174 Å². The summed E-state index contributed by atoms with van der Waals surface area (Å²) < 4.78 is 7.13. The zero-order valence-electron chi connectivity index (χ0n) is 16.6. The Morgan fingerprint density at radius 2 is 1.87 bits per heavy atom. The number of ether oxygens (including phenoxy) is 1. The van der Waals surface area contributed by atoms with Crippen LogP contribution >= 0.6 is 0 Å². The van der Waals surface area contributed by atoms with Gasteiger partial charge in [0.2, 0.25) is 0 Å². The molecule has 30 heavy (non-hydrogen) atoms. The number of anilines is 1. The number of para-hydroxylation sites is 1. The minimum absolute atomic E-state index is 0.00392. The zero-order chi connectivity index (χ0) is 20.9. The molecule has 1 fully saturated rings. The Morgan fingerprint density at radius 3 is 2.60 bits per heavy atom. The number of hydrogen-bond acceptors (Lipinski definition) is 6. The molecular formula is C22H23N5O3. The molecule has 0 aliphatic carbocycles. The van der Waals surface area contributed by atoms with Gasteiger partial charge in [0.1, 0.15) is 11.3 Å². The lowest BCUT2D eigenvalue weighted by Gasteiger charge is -2.35. The highest BCUT2D eigenvalue weighted by Crippen LogP contribution is 2.15. The maximum Gasteiger partial charge on any atom is 0.295 e. The Balaban J connectivity index is 1.45. The van der Waals surface area contributed by atoms with E-state index in [1.54, 1.807) is 27.8 Å². The van der Waals surface area contributed by atoms with Gasteiger partial charge >= 0.3 is 0 Å². The molecule has 4 rings (SSSR count). The topological polar surface area (TPSA) is 80.6 Å². The molecule has 8 nitrogen and oxygen atoms in total. The van der Waals surface area contributed by atoms with E-state index >= 15 is 0 Å². The van der Waals surface area contributed by atoms with E-state index in [0.29, 0.717) is 55.5 Å². The second-order valence-corrected chi connectivity index (χ2v) is 6.96. The number of carbonyl (C=O) groups is 1. The number of allylic oxidation sites excluding steroid dienone is 1. The third-order valence-electron chi connectivity index (χ3n) is 5.03. The van der Waals surface area contributed by atoms with Crippen LogP contribution in [0.3, 0.4) is 0 Å². The van der Waals surface area contributed by atoms with Crippen LogP contribution in [0.2, 0.25) is 0 Å². The lowest BCUT2D eigenvalue weighted by Crippen LogP contribution is -2.51. The summed E-state index contributed by atoms with van der Waals surface area (Å²) in [4.78, 5) is 38.0. The van der Waals surface area contributed by atoms with Gasteiger partial charge in [-0.1, -0.05) is 24.3 Å². The number of amides is 1. The second-order valence-electron chi connectivity index (χ2n) is 6.96. The highest BCUT2D eigenvalue weighted by atomic mass is 16.5. The van der Waals surface area contributed by atoms with Gasteiger partial charge < -0.3 is 14.5 Å². The maximum atomic E-state index is 13.0. The van der Waals surface area contributed by atoms with Gasteiger partial charge in [-0.3, -0.25) is 14.2 Å². The summed E-state index contributed by atoms with van der Waals surface area (Å²) in [6.07, 6.45) is 3.31. The number of piperazine rings is 1. The van der Waals surface area contributed by atoms with Crippen LogP contribution in [0.5, 0.6) is 5.75 Å². The van der Waals surface area contributed by atoms with Crippen LogP contribution < -0.4 is 15.2 Å². The van der Waals surface area contributed by atoms with Crippen molar-refractivity contribution < 1.29 is 9.53 Å². The van der Waals surface area contributed by atoms with E-state index in [1.807, 2.05) is 41.3 Å². The highest BCUT2D eigenvalue weighted by Gasteiger charge is 2.25. The van der Waals surface area contributed by atoms with E-state index in [4.69, 9.17) is 4.74 Å². The van der Waals surface area contributed by atoms with Crippen LogP contribution in [0.15, 0.2) is 66.1 Å². The molecule has 1 aliphatic heterocycles. The third-order valence-corrected chi connectivity index (χ3v) is 5.03. The molecule has 8 heteroatoms. The molecule has 0 spiro atoms. The fraction of sp³-hybridized carbons (Fsp3) is 0.273. The summed E-state index contributed by atoms with van der Waals surface area (Å²) in [5.41, 5.74) is 0.995. The van der Waals surface area contributed by atoms with E-state index in [2.05, 4.69) is 16.5 Å². The summed E-state index contributed by atoms with van der Waals surface area (Å²) in [5, 5.41) is 0. The molecule has 1 amide bonds. The summed E-state index contributed by atoms with van der Waals surface area (Å²) in [6, 6.07) is 12.9. The van der Waals surface area contributed by atoms with Gasteiger partial charge in [0.25, 0.3) is 11.5 Å².